The van der Waals surface area contributed by atoms with Crippen molar-refractivity contribution in [2.45, 2.75) is 0 Å². The van der Waals surface area contributed by atoms with Crippen LogP contribution in [0.3, 0.4) is 0 Å². The van der Waals surface area contributed by atoms with E-state index in [0.29, 0.717) is 15.6 Å². The predicted molar refractivity (Wildman–Crippen MR) is 99.1 cm³/mol. The number of para-hydroxylation sites is 1. The summed E-state index contributed by atoms with van der Waals surface area (Å²) in [7, 11) is 0. The van der Waals surface area contributed by atoms with Gasteiger partial charge in [0.05, 0.1) is 16.3 Å². The molecule has 3 aromatic rings. The quantitative estimate of drug-likeness (QED) is 0.735. The van der Waals surface area contributed by atoms with Gasteiger partial charge in [0.2, 0.25) is 5.88 Å². The molecule has 0 amide bonds. The van der Waals surface area contributed by atoms with Crippen molar-refractivity contribution in [1.29, 1.82) is 0 Å². The number of aromatic hydroxyl groups is 1. The van der Waals surface area contributed by atoms with E-state index in [0.717, 1.165) is 28.2 Å². The van der Waals surface area contributed by atoms with Gasteiger partial charge < -0.3 is 5.11 Å². The Morgan fingerprint density at radius 2 is 1.88 bits per heavy atom. The molecule has 1 aliphatic heterocycles. The molecule has 2 aromatic carbocycles. The van der Waals surface area contributed by atoms with Gasteiger partial charge in [0.1, 0.15) is 0 Å². The SMILES string of the molecule is O=c1sc(/C=C2\C=Nc3ccccc32)c(O)n1-c1ccc(Cl)cc1. The Morgan fingerprint density at radius 1 is 1.12 bits per heavy atom. The summed E-state index contributed by atoms with van der Waals surface area (Å²) in [5.74, 6) is -0.0856. The third-order valence-electron chi connectivity index (χ3n) is 3.74. The molecule has 4 nitrogen and oxygen atoms in total. The first-order valence-electron chi connectivity index (χ1n) is 7.19. The zero-order valence-electron chi connectivity index (χ0n) is 12.3. The van der Waals surface area contributed by atoms with Crippen LogP contribution in [0, 0.1) is 0 Å². The number of allylic oxidation sites excluding steroid dienone is 1. The van der Waals surface area contributed by atoms with Crippen LogP contribution in [0.4, 0.5) is 5.69 Å². The smallest absolute Gasteiger partial charge is 0.315 e. The third kappa shape index (κ3) is 2.48. The summed E-state index contributed by atoms with van der Waals surface area (Å²) >= 11 is 6.86. The van der Waals surface area contributed by atoms with Gasteiger partial charge in [-0.3, -0.25) is 9.79 Å². The van der Waals surface area contributed by atoms with Crippen molar-refractivity contribution in [1.82, 2.24) is 4.57 Å². The molecule has 0 bridgehead atoms. The van der Waals surface area contributed by atoms with Gasteiger partial charge in [-0.15, -0.1) is 0 Å². The Kier molecular flexibility index (Phi) is 3.59. The van der Waals surface area contributed by atoms with Crippen LogP contribution >= 0.6 is 22.9 Å². The highest BCUT2D eigenvalue weighted by molar-refractivity contribution is 7.10. The fourth-order valence-corrected chi connectivity index (χ4v) is 3.55. The lowest BCUT2D eigenvalue weighted by atomic mass is 10.1. The molecule has 2 heterocycles. The minimum Gasteiger partial charge on any atom is -0.493 e. The van der Waals surface area contributed by atoms with Gasteiger partial charge in [0.15, 0.2) is 0 Å². The van der Waals surface area contributed by atoms with E-state index in [1.54, 1.807) is 36.6 Å². The van der Waals surface area contributed by atoms with Crippen LogP contribution in [0.2, 0.25) is 5.02 Å². The molecule has 1 aromatic heterocycles. The Labute approximate surface area is 146 Å². The minimum absolute atomic E-state index is 0.0856. The van der Waals surface area contributed by atoms with Crippen molar-refractivity contribution < 1.29 is 5.11 Å². The summed E-state index contributed by atoms with van der Waals surface area (Å²) < 4.78 is 1.27. The summed E-state index contributed by atoms with van der Waals surface area (Å²) in [5, 5.41) is 11.1. The van der Waals surface area contributed by atoms with Crippen LogP contribution in [0.5, 0.6) is 5.88 Å². The van der Waals surface area contributed by atoms with Gasteiger partial charge in [-0.25, -0.2) is 4.57 Å². The van der Waals surface area contributed by atoms with Gasteiger partial charge >= 0.3 is 4.87 Å². The van der Waals surface area contributed by atoms with Crippen molar-refractivity contribution in [3.8, 4) is 11.6 Å². The highest BCUT2D eigenvalue weighted by atomic mass is 35.5. The molecule has 1 aliphatic rings. The number of thiazole rings is 1. The number of nitrogens with zero attached hydrogens (tertiary/aromatic N) is 2. The van der Waals surface area contributed by atoms with Crippen molar-refractivity contribution in [3.63, 3.8) is 0 Å². The number of halogens is 1. The molecular formula is C18H11ClN2O2S. The van der Waals surface area contributed by atoms with E-state index >= 15 is 0 Å². The van der Waals surface area contributed by atoms with E-state index in [1.807, 2.05) is 24.3 Å². The van der Waals surface area contributed by atoms with Crippen LogP contribution in [0.25, 0.3) is 17.3 Å². The number of aliphatic imine (C=N–C) groups is 1. The van der Waals surface area contributed by atoms with Crippen molar-refractivity contribution >= 4 is 46.5 Å². The van der Waals surface area contributed by atoms with E-state index < -0.39 is 0 Å². The molecule has 0 fully saturated rings. The molecule has 0 atom stereocenters. The van der Waals surface area contributed by atoms with Crippen LogP contribution in [-0.2, 0) is 0 Å². The van der Waals surface area contributed by atoms with Gasteiger partial charge in [-0.1, -0.05) is 41.1 Å². The van der Waals surface area contributed by atoms with Gasteiger partial charge in [-0.05, 0) is 36.4 Å². The molecule has 0 unspecified atom stereocenters. The monoisotopic (exact) mass is 354 g/mol. The average Bonchev–Trinajstić information content (AvgIpc) is 3.11. The van der Waals surface area contributed by atoms with E-state index in [4.69, 9.17) is 11.6 Å². The lowest BCUT2D eigenvalue weighted by Crippen LogP contribution is -2.09. The molecule has 0 saturated heterocycles. The van der Waals surface area contributed by atoms with Crippen LogP contribution < -0.4 is 4.87 Å². The summed E-state index contributed by atoms with van der Waals surface area (Å²) in [6.07, 6.45) is 3.52. The Morgan fingerprint density at radius 3 is 2.67 bits per heavy atom. The number of fused-ring (bicyclic) bond motifs is 1. The molecular weight excluding hydrogens is 344 g/mol. The van der Waals surface area contributed by atoms with Gasteiger partial charge in [0, 0.05) is 22.4 Å². The second-order valence-electron chi connectivity index (χ2n) is 5.24. The zero-order valence-corrected chi connectivity index (χ0v) is 13.9. The fourth-order valence-electron chi connectivity index (χ4n) is 2.59. The number of aromatic nitrogens is 1. The predicted octanol–water partition coefficient (Wildman–Crippen LogP) is 4.51. The lowest BCUT2D eigenvalue weighted by Gasteiger charge is -2.03. The van der Waals surface area contributed by atoms with Crippen molar-refractivity contribution in [2.75, 3.05) is 0 Å². The maximum Gasteiger partial charge on any atom is 0.315 e. The second kappa shape index (κ2) is 5.78. The number of hydrogen-bond donors (Lipinski definition) is 1. The molecule has 118 valence electrons. The Hall–Kier alpha value is -2.63. The van der Waals surface area contributed by atoms with Crippen molar-refractivity contribution in [2.24, 2.45) is 4.99 Å². The summed E-state index contributed by atoms with van der Waals surface area (Å²) in [5.41, 5.74) is 3.30. The van der Waals surface area contributed by atoms with Gasteiger partial charge in [-0.2, -0.15) is 0 Å². The summed E-state index contributed by atoms with van der Waals surface area (Å²) in [6, 6.07) is 14.5. The minimum atomic E-state index is -0.259. The van der Waals surface area contributed by atoms with E-state index in [-0.39, 0.29) is 10.8 Å². The molecule has 0 radical (unpaired) electrons. The second-order valence-corrected chi connectivity index (χ2v) is 6.67. The largest absolute Gasteiger partial charge is 0.493 e. The van der Waals surface area contributed by atoms with E-state index in [9.17, 15) is 9.90 Å². The molecule has 4 rings (SSSR count). The molecule has 6 heteroatoms. The first kappa shape index (κ1) is 14.9. The van der Waals surface area contributed by atoms with E-state index in [1.165, 1.54) is 4.57 Å². The molecule has 24 heavy (non-hydrogen) atoms. The fraction of sp³-hybridized carbons (Fsp3) is 0. The highest BCUT2D eigenvalue weighted by Crippen LogP contribution is 2.34. The normalized spacial score (nSPS) is 14.3. The zero-order chi connectivity index (χ0) is 16.7. The first-order valence-corrected chi connectivity index (χ1v) is 8.39. The highest BCUT2D eigenvalue weighted by Gasteiger charge is 2.17. The third-order valence-corrected chi connectivity index (χ3v) is 4.87. The first-order chi connectivity index (χ1) is 11.6. The lowest BCUT2D eigenvalue weighted by molar-refractivity contribution is 0.440. The number of hydrogen-bond acceptors (Lipinski definition) is 4. The Bertz CT molecular complexity index is 1050. The maximum atomic E-state index is 12.3. The molecule has 1 N–H and O–H groups in total. The van der Waals surface area contributed by atoms with Crippen LogP contribution in [0.1, 0.15) is 10.4 Å². The number of rotatable bonds is 2. The molecule has 0 spiro atoms. The Balaban J connectivity index is 1.81. The summed E-state index contributed by atoms with van der Waals surface area (Å²) in [4.78, 5) is 16.9. The maximum absolute atomic E-state index is 12.3. The average molecular weight is 355 g/mol. The molecule has 0 aliphatic carbocycles. The summed E-state index contributed by atoms with van der Waals surface area (Å²) in [6.45, 7) is 0. The topological polar surface area (TPSA) is 54.6 Å². The van der Waals surface area contributed by atoms with Crippen LogP contribution in [0.15, 0.2) is 58.3 Å². The van der Waals surface area contributed by atoms with Crippen molar-refractivity contribution in [3.05, 3.63) is 73.7 Å². The standard InChI is InChI=1S/C18H11ClN2O2S/c19-12-5-7-13(8-6-12)21-17(22)16(24-18(21)23)9-11-10-20-15-4-2-1-3-14(11)15/h1-10,22H/b11-9+. The molecule has 0 saturated carbocycles. The van der Waals surface area contributed by atoms with Crippen LogP contribution in [-0.4, -0.2) is 15.9 Å². The number of benzene rings is 2. The van der Waals surface area contributed by atoms with E-state index in [2.05, 4.69) is 4.99 Å². The van der Waals surface area contributed by atoms with Gasteiger partial charge in [0.25, 0.3) is 0 Å².